The number of imidazole rings is 1. The van der Waals surface area contributed by atoms with E-state index in [9.17, 15) is 4.79 Å². The standard InChI is InChI=1S/C24H23N9O2/c1-13(29-22(34)17-9-15(27-12-28-17)14-5-7-25-8-6-14)19-10-16(33-35-19)20-30-18-11-26-23(24(2,3)4)32-21(18)31-20/h5-13H,1-4H3,(H,29,34)(H,26,30,31,32). The highest BCUT2D eigenvalue weighted by Crippen LogP contribution is 2.24. The summed E-state index contributed by atoms with van der Waals surface area (Å²) in [5.74, 6) is 1.32. The van der Waals surface area contributed by atoms with Gasteiger partial charge in [-0.05, 0) is 25.1 Å². The third kappa shape index (κ3) is 4.60. The second kappa shape index (κ2) is 8.67. The zero-order chi connectivity index (χ0) is 24.6. The zero-order valence-electron chi connectivity index (χ0n) is 19.6. The first-order valence-electron chi connectivity index (χ1n) is 11.0. The van der Waals surface area contributed by atoms with Crippen LogP contribution in [-0.4, -0.2) is 46.0 Å². The Balaban J connectivity index is 1.32. The molecule has 5 rings (SSSR count). The molecule has 5 aromatic rings. The molecule has 0 saturated heterocycles. The van der Waals surface area contributed by atoms with Crippen LogP contribution in [0, 0.1) is 0 Å². The molecule has 0 spiro atoms. The molecule has 0 saturated carbocycles. The van der Waals surface area contributed by atoms with E-state index in [2.05, 4.69) is 45.4 Å². The molecule has 0 radical (unpaired) electrons. The number of carbonyl (C=O) groups excluding carboxylic acids is 1. The van der Waals surface area contributed by atoms with E-state index in [0.29, 0.717) is 40.0 Å². The van der Waals surface area contributed by atoms with Crippen molar-refractivity contribution in [1.82, 2.24) is 45.4 Å². The average Bonchev–Trinajstić information content (AvgIpc) is 3.51. The summed E-state index contributed by atoms with van der Waals surface area (Å²) in [6, 6.07) is 6.53. The maximum absolute atomic E-state index is 12.8. The molecule has 11 heteroatoms. The summed E-state index contributed by atoms with van der Waals surface area (Å²) in [7, 11) is 0. The van der Waals surface area contributed by atoms with E-state index in [1.807, 2.05) is 32.9 Å². The fourth-order valence-corrected chi connectivity index (χ4v) is 3.40. The molecule has 0 aliphatic carbocycles. The molecule has 1 atom stereocenters. The number of aromatic amines is 1. The van der Waals surface area contributed by atoms with Crippen molar-refractivity contribution >= 4 is 17.1 Å². The fraction of sp³-hybridized carbons (Fsp3) is 0.250. The maximum Gasteiger partial charge on any atom is 0.270 e. The second-order valence-corrected chi connectivity index (χ2v) is 9.10. The summed E-state index contributed by atoms with van der Waals surface area (Å²) in [4.78, 5) is 41.8. The lowest BCUT2D eigenvalue weighted by molar-refractivity contribution is 0.0928. The highest BCUT2D eigenvalue weighted by atomic mass is 16.5. The summed E-state index contributed by atoms with van der Waals surface area (Å²) in [5.41, 5.74) is 3.28. The van der Waals surface area contributed by atoms with Gasteiger partial charge in [0.05, 0.1) is 17.9 Å². The topological polar surface area (TPSA) is 148 Å². The first kappa shape index (κ1) is 22.3. The average molecular weight is 470 g/mol. The number of nitrogens with one attached hydrogen (secondary N) is 2. The minimum atomic E-state index is -0.459. The lowest BCUT2D eigenvalue weighted by Gasteiger charge is -2.15. The van der Waals surface area contributed by atoms with Crippen molar-refractivity contribution in [3.63, 3.8) is 0 Å². The van der Waals surface area contributed by atoms with Crippen molar-refractivity contribution in [2.45, 2.75) is 39.2 Å². The molecule has 2 N–H and O–H groups in total. The molecule has 0 bridgehead atoms. The Labute approximate surface area is 200 Å². The number of aromatic nitrogens is 8. The highest BCUT2D eigenvalue weighted by molar-refractivity contribution is 5.93. The Hall–Kier alpha value is -4.54. The zero-order valence-corrected chi connectivity index (χ0v) is 19.6. The molecule has 1 unspecified atom stereocenters. The van der Waals surface area contributed by atoms with Crippen molar-refractivity contribution < 1.29 is 9.32 Å². The number of hydrogen-bond acceptors (Lipinski definition) is 9. The maximum atomic E-state index is 12.8. The minimum Gasteiger partial charge on any atom is -0.358 e. The Morgan fingerprint density at radius 2 is 1.86 bits per heavy atom. The van der Waals surface area contributed by atoms with Crippen molar-refractivity contribution in [2.75, 3.05) is 0 Å². The van der Waals surface area contributed by atoms with Crippen LogP contribution in [0.15, 0.2) is 53.7 Å². The van der Waals surface area contributed by atoms with Crippen LogP contribution in [0.1, 0.15) is 55.8 Å². The van der Waals surface area contributed by atoms with Crippen molar-refractivity contribution in [3.8, 4) is 22.8 Å². The van der Waals surface area contributed by atoms with Gasteiger partial charge in [0, 0.05) is 29.4 Å². The Morgan fingerprint density at radius 3 is 2.63 bits per heavy atom. The number of nitrogens with zero attached hydrogens (tertiary/aromatic N) is 7. The van der Waals surface area contributed by atoms with E-state index in [1.54, 1.807) is 37.6 Å². The van der Waals surface area contributed by atoms with Crippen LogP contribution < -0.4 is 5.32 Å². The lowest BCUT2D eigenvalue weighted by atomic mass is 9.96. The summed E-state index contributed by atoms with van der Waals surface area (Å²) >= 11 is 0. The molecular formula is C24H23N9O2. The summed E-state index contributed by atoms with van der Waals surface area (Å²) < 4.78 is 5.48. The monoisotopic (exact) mass is 469 g/mol. The largest absolute Gasteiger partial charge is 0.358 e. The molecule has 5 aromatic heterocycles. The first-order chi connectivity index (χ1) is 16.8. The molecule has 0 aromatic carbocycles. The SMILES string of the molecule is CC(NC(=O)c1cc(-c2ccncc2)ncn1)c1cc(-c2nc3nc(C(C)(C)C)ncc3[nH]2)no1. The Kier molecular flexibility index (Phi) is 5.51. The molecule has 176 valence electrons. The molecule has 5 heterocycles. The number of amides is 1. The van der Waals surface area contributed by atoms with Crippen molar-refractivity contribution in [2.24, 2.45) is 0 Å². The van der Waals surface area contributed by atoms with Crippen LogP contribution in [0.2, 0.25) is 0 Å². The Morgan fingerprint density at radius 1 is 1.06 bits per heavy atom. The van der Waals surface area contributed by atoms with Crippen LogP contribution in [0.3, 0.4) is 0 Å². The predicted octanol–water partition coefficient (Wildman–Crippen LogP) is 3.65. The van der Waals surface area contributed by atoms with Gasteiger partial charge in [0.2, 0.25) is 0 Å². The van der Waals surface area contributed by atoms with Crippen LogP contribution in [-0.2, 0) is 5.41 Å². The van der Waals surface area contributed by atoms with E-state index in [1.165, 1.54) is 6.33 Å². The van der Waals surface area contributed by atoms with Crippen LogP contribution >= 0.6 is 0 Å². The van der Waals surface area contributed by atoms with E-state index in [4.69, 9.17) is 4.52 Å². The van der Waals surface area contributed by atoms with Crippen LogP contribution in [0.4, 0.5) is 0 Å². The summed E-state index contributed by atoms with van der Waals surface area (Å²) in [6.07, 6.45) is 6.40. The van der Waals surface area contributed by atoms with Crippen LogP contribution in [0.25, 0.3) is 33.9 Å². The molecule has 0 aliphatic rings. The third-order valence-corrected chi connectivity index (χ3v) is 5.33. The first-order valence-corrected chi connectivity index (χ1v) is 11.0. The quantitative estimate of drug-likeness (QED) is 0.393. The summed E-state index contributed by atoms with van der Waals surface area (Å²) in [6.45, 7) is 7.93. The molecule has 0 aliphatic heterocycles. The molecule has 1 amide bonds. The number of H-pyrrole nitrogens is 1. The van der Waals surface area contributed by atoms with E-state index in [0.717, 1.165) is 5.56 Å². The van der Waals surface area contributed by atoms with Gasteiger partial charge in [0.15, 0.2) is 17.2 Å². The molecule has 35 heavy (non-hydrogen) atoms. The van der Waals surface area contributed by atoms with E-state index in [-0.39, 0.29) is 17.0 Å². The van der Waals surface area contributed by atoms with Crippen molar-refractivity contribution in [1.29, 1.82) is 0 Å². The number of pyridine rings is 1. The van der Waals surface area contributed by atoms with Gasteiger partial charge in [-0.3, -0.25) is 9.78 Å². The third-order valence-electron chi connectivity index (χ3n) is 5.33. The number of rotatable bonds is 5. The highest BCUT2D eigenvalue weighted by Gasteiger charge is 2.21. The number of hydrogen-bond donors (Lipinski definition) is 2. The van der Waals surface area contributed by atoms with Gasteiger partial charge >= 0.3 is 0 Å². The molecule has 0 fully saturated rings. The molecule has 11 nitrogen and oxygen atoms in total. The summed E-state index contributed by atoms with van der Waals surface area (Å²) in [5, 5.41) is 6.99. The van der Waals surface area contributed by atoms with Gasteiger partial charge in [-0.25, -0.2) is 24.9 Å². The lowest BCUT2D eigenvalue weighted by Crippen LogP contribution is -2.27. The minimum absolute atomic E-state index is 0.190. The van der Waals surface area contributed by atoms with Gasteiger partial charge < -0.3 is 14.8 Å². The normalized spacial score (nSPS) is 12.6. The second-order valence-electron chi connectivity index (χ2n) is 9.10. The smallest absolute Gasteiger partial charge is 0.270 e. The van der Waals surface area contributed by atoms with E-state index >= 15 is 0 Å². The van der Waals surface area contributed by atoms with Gasteiger partial charge in [0.25, 0.3) is 5.91 Å². The van der Waals surface area contributed by atoms with Gasteiger partial charge in [-0.2, -0.15) is 0 Å². The van der Waals surface area contributed by atoms with Gasteiger partial charge in [-0.1, -0.05) is 25.9 Å². The predicted molar refractivity (Wildman–Crippen MR) is 127 cm³/mol. The van der Waals surface area contributed by atoms with Crippen molar-refractivity contribution in [3.05, 3.63) is 66.5 Å². The van der Waals surface area contributed by atoms with Crippen LogP contribution in [0.5, 0.6) is 0 Å². The fourth-order valence-electron chi connectivity index (χ4n) is 3.40. The molecular weight excluding hydrogens is 446 g/mol. The number of fused-ring (bicyclic) bond motifs is 1. The Bertz CT molecular complexity index is 1500. The van der Waals surface area contributed by atoms with Gasteiger partial charge in [0.1, 0.15) is 29.1 Å². The number of carbonyl (C=O) groups is 1. The van der Waals surface area contributed by atoms with Gasteiger partial charge in [-0.15, -0.1) is 0 Å². The van der Waals surface area contributed by atoms with E-state index < -0.39 is 6.04 Å².